The maximum absolute atomic E-state index is 11.9. The number of amides is 1. The first-order valence-electron chi connectivity index (χ1n) is 5.88. The number of carbonyl (C=O) groups excluding carboxylic acids is 1. The number of non-ortho nitro benzene ring substituents is 1. The third kappa shape index (κ3) is 2.77. The highest BCUT2D eigenvalue weighted by atomic mass is 16.6. The zero-order chi connectivity index (χ0) is 14.7. The first-order valence-corrected chi connectivity index (χ1v) is 5.88. The summed E-state index contributed by atoms with van der Waals surface area (Å²) in [7, 11) is 0. The van der Waals surface area contributed by atoms with Crippen LogP contribution in [0.3, 0.4) is 0 Å². The van der Waals surface area contributed by atoms with Gasteiger partial charge in [0.1, 0.15) is 11.5 Å². The molecule has 0 aliphatic rings. The number of hydrogen-bond donors (Lipinski definition) is 2. The lowest BCUT2D eigenvalue weighted by atomic mass is 10.2. The number of carbonyl (C=O) groups is 1. The van der Waals surface area contributed by atoms with Crippen LogP contribution in [0.15, 0.2) is 34.7 Å². The van der Waals surface area contributed by atoms with Gasteiger partial charge in [-0.3, -0.25) is 14.9 Å². The summed E-state index contributed by atoms with van der Waals surface area (Å²) >= 11 is 0. The van der Waals surface area contributed by atoms with Crippen LogP contribution in [-0.4, -0.2) is 15.9 Å². The molecule has 0 bridgehead atoms. The number of hydrogen-bond acceptors (Lipinski definition) is 5. The summed E-state index contributed by atoms with van der Waals surface area (Å²) in [5.41, 5.74) is -0.179. The Hall–Kier alpha value is -2.83. The Bertz CT molecular complexity index is 663. The van der Waals surface area contributed by atoms with Gasteiger partial charge < -0.3 is 14.8 Å². The second-order valence-electron chi connectivity index (χ2n) is 4.03. The van der Waals surface area contributed by atoms with Crippen LogP contribution in [-0.2, 0) is 6.42 Å². The van der Waals surface area contributed by atoms with E-state index >= 15 is 0 Å². The number of aryl methyl sites for hydroxylation is 1. The standard InChI is InChI=1S/C13H12N2O5/c1-2-9-4-6-12(20-9)13(17)14-10-5-3-8(15(18)19)7-11(10)16/h3-7,16H,2H2,1H3,(H,14,17). The van der Waals surface area contributed by atoms with Crippen molar-refractivity contribution >= 4 is 17.3 Å². The normalized spacial score (nSPS) is 10.2. The van der Waals surface area contributed by atoms with Crippen LogP contribution in [0, 0.1) is 10.1 Å². The maximum atomic E-state index is 11.9. The Balaban J connectivity index is 2.17. The Kier molecular flexibility index (Phi) is 3.69. The van der Waals surface area contributed by atoms with Crippen molar-refractivity contribution in [3.8, 4) is 5.75 Å². The van der Waals surface area contributed by atoms with Crippen LogP contribution in [0.4, 0.5) is 11.4 Å². The molecule has 0 saturated heterocycles. The molecule has 2 N–H and O–H groups in total. The molecule has 0 saturated carbocycles. The van der Waals surface area contributed by atoms with Crippen molar-refractivity contribution in [2.45, 2.75) is 13.3 Å². The molecule has 2 aromatic rings. The van der Waals surface area contributed by atoms with Gasteiger partial charge in [-0.2, -0.15) is 0 Å². The molecule has 0 spiro atoms. The van der Waals surface area contributed by atoms with Crippen LogP contribution in [0.5, 0.6) is 5.75 Å². The number of anilines is 1. The monoisotopic (exact) mass is 276 g/mol. The average Bonchev–Trinajstić information content (AvgIpc) is 2.89. The van der Waals surface area contributed by atoms with E-state index in [-0.39, 0.29) is 22.9 Å². The number of nitro benzene ring substituents is 1. The van der Waals surface area contributed by atoms with Crippen molar-refractivity contribution in [1.29, 1.82) is 0 Å². The van der Waals surface area contributed by atoms with E-state index in [4.69, 9.17) is 4.42 Å². The molecular weight excluding hydrogens is 264 g/mol. The lowest BCUT2D eigenvalue weighted by molar-refractivity contribution is -0.384. The summed E-state index contributed by atoms with van der Waals surface area (Å²) in [6, 6.07) is 6.63. The number of benzene rings is 1. The summed E-state index contributed by atoms with van der Waals surface area (Å²) in [5.74, 6) is -0.133. The summed E-state index contributed by atoms with van der Waals surface area (Å²) in [6.45, 7) is 1.89. The zero-order valence-electron chi connectivity index (χ0n) is 10.6. The van der Waals surface area contributed by atoms with Gasteiger partial charge in [-0.25, -0.2) is 0 Å². The van der Waals surface area contributed by atoms with Crippen LogP contribution in [0.2, 0.25) is 0 Å². The van der Waals surface area contributed by atoms with Crippen LogP contribution in [0.1, 0.15) is 23.2 Å². The average molecular weight is 276 g/mol. The molecule has 0 aliphatic carbocycles. The van der Waals surface area contributed by atoms with E-state index in [0.717, 1.165) is 6.07 Å². The van der Waals surface area contributed by atoms with E-state index in [2.05, 4.69) is 5.32 Å². The molecular formula is C13H12N2O5. The summed E-state index contributed by atoms with van der Waals surface area (Å²) < 4.78 is 5.27. The van der Waals surface area contributed by atoms with Crippen LogP contribution in [0.25, 0.3) is 0 Å². The fourth-order valence-electron chi connectivity index (χ4n) is 1.61. The highest BCUT2D eigenvalue weighted by molar-refractivity contribution is 6.03. The Morgan fingerprint density at radius 3 is 2.70 bits per heavy atom. The van der Waals surface area contributed by atoms with E-state index in [1.165, 1.54) is 18.2 Å². The molecule has 1 aromatic heterocycles. The topological polar surface area (TPSA) is 106 Å². The number of phenols is 1. The lowest BCUT2D eigenvalue weighted by Crippen LogP contribution is -2.11. The second-order valence-corrected chi connectivity index (χ2v) is 4.03. The third-order valence-corrected chi connectivity index (χ3v) is 2.67. The van der Waals surface area contributed by atoms with Crippen molar-refractivity contribution in [1.82, 2.24) is 0 Å². The number of nitrogens with one attached hydrogen (secondary N) is 1. The Morgan fingerprint density at radius 2 is 2.15 bits per heavy atom. The van der Waals surface area contributed by atoms with Gasteiger partial charge >= 0.3 is 0 Å². The number of rotatable bonds is 4. The smallest absolute Gasteiger partial charge is 0.291 e. The van der Waals surface area contributed by atoms with Crippen molar-refractivity contribution < 1.29 is 19.2 Å². The van der Waals surface area contributed by atoms with Crippen molar-refractivity contribution in [3.05, 3.63) is 52.0 Å². The third-order valence-electron chi connectivity index (χ3n) is 2.67. The van der Waals surface area contributed by atoms with Gasteiger partial charge in [0.2, 0.25) is 0 Å². The Morgan fingerprint density at radius 1 is 1.40 bits per heavy atom. The first kappa shape index (κ1) is 13.6. The molecule has 1 heterocycles. The largest absolute Gasteiger partial charge is 0.506 e. The van der Waals surface area contributed by atoms with Gasteiger partial charge in [-0.1, -0.05) is 6.92 Å². The molecule has 0 aliphatic heterocycles. The van der Waals surface area contributed by atoms with E-state index in [9.17, 15) is 20.0 Å². The van der Waals surface area contributed by atoms with E-state index < -0.39 is 10.8 Å². The minimum absolute atomic E-state index is 0.0787. The predicted molar refractivity (Wildman–Crippen MR) is 70.8 cm³/mol. The molecule has 0 radical (unpaired) electrons. The van der Waals surface area contributed by atoms with Gasteiger partial charge in [0.05, 0.1) is 16.7 Å². The van der Waals surface area contributed by atoms with Crippen molar-refractivity contribution in [2.75, 3.05) is 5.32 Å². The fraction of sp³-hybridized carbons (Fsp3) is 0.154. The van der Waals surface area contributed by atoms with Crippen LogP contribution >= 0.6 is 0 Å². The molecule has 0 fully saturated rings. The Labute approximate surface area is 114 Å². The van der Waals surface area contributed by atoms with Gasteiger partial charge in [-0.05, 0) is 18.2 Å². The van der Waals surface area contributed by atoms with Crippen LogP contribution < -0.4 is 5.32 Å². The number of nitro groups is 1. The molecule has 7 heteroatoms. The van der Waals surface area contributed by atoms with Gasteiger partial charge in [0.25, 0.3) is 11.6 Å². The number of furan rings is 1. The minimum Gasteiger partial charge on any atom is -0.506 e. The molecule has 104 valence electrons. The number of nitrogens with zero attached hydrogens (tertiary/aromatic N) is 1. The number of phenolic OH excluding ortho intramolecular Hbond substituents is 1. The second kappa shape index (κ2) is 5.43. The van der Waals surface area contributed by atoms with Gasteiger partial charge in [0, 0.05) is 12.5 Å². The summed E-state index contributed by atoms with van der Waals surface area (Å²) in [4.78, 5) is 21.8. The highest BCUT2D eigenvalue weighted by Gasteiger charge is 2.15. The molecule has 20 heavy (non-hydrogen) atoms. The minimum atomic E-state index is -0.634. The molecule has 1 aromatic carbocycles. The lowest BCUT2D eigenvalue weighted by Gasteiger charge is -2.05. The van der Waals surface area contributed by atoms with E-state index in [1.54, 1.807) is 6.07 Å². The predicted octanol–water partition coefficient (Wildman–Crippen LogP) is 2.71. The van der Waals surface area contributed by atoms with E-state index in [1.807, 2.05) is 6.92 Å². The first-order chi connectivity index (χ1) is 9.51. The van der Waals surface area contributed by atoms with Gasteiger partial charge in [0.15, 0.2) is 5.76 Å². The molecule has 0 unspecified atom stereocenters. The number of aromatic hydroxyl groups is 1. The zero-order valence-corrected chi connectivity index (χ0v) is 10.6. The molecule has 2 rings (SSSR count). The molecule has 7 nitrogen and oxygen atoms in total. The summed E-state index contributed by atoms with van der Waals surface area (Å²) in [5, 5.41) is 22.6. The van der Waals surface area contributed by atoms with E-state index in [0.29, 0.717) is 12.2 Å². The quantitative estimate of drug-likeness (QED) is 0.507. The molecule has 1 amide bonds. The highest BCUT2D eigenvalue weighted by Crippen LogP contribution is 2.28. The van der Waals surface area contributed by atoms with Crippen molar-refractivity contribution in [3.63, 3.8) is 0 Å². The maximum Gasteiger partial charge on any atom is 0.291 e. The van der Waals surface area contributed by atoms with Crippen molar-refractivity contribution in [2.24, 2.45) is 0 Å². The SMILES string of the molecule is CCc1ccc(C(=O)Nc2ccc([N+](=O)[O-])cc2O)o1. The fourth-order valence-corrected chi connectivity index (χ4v) is 1.61. The summed E-state index contributed by atoms with van der Waals surface area (Å²) in [6.07, 6.45) is 0.663. The molecule has 0 atom stereocenters. The van der Waals surface area contributed by atoms with Gasteiger partial charge in [-0.15, -0.1) is 0 Å².